The van der Waals surface area contributed by atoms with Gasteiger partial charge < -0.3 is 9.47 Å². The molecule has 0 N–H and O–H groups in total. The van der Waals surface area contributed by atoms with Crippen LogP contribution in [0.15, 0.2) is 95.5 Å². The highest BCUT2D eigenvalue weighted by Crippen LogP contribution is 2.20. The van der Waals surface area contributed by atoms with Crippen LogP contribution in [0.2, 0.25) is 0 Å². The Labute approximate surface area is 174 Å². The number of hydrogen-bond acceptors (Lipinski definition) is 7. The van der Waals surface area contributed by atoms with Gasteiger partial charge in [0.15, 0.2) is 0 Å². The number of nitrogens with zero attached hydrogens (tertiary/aromatic N) is 6. The largest absolute Gasteiger partial charge is 0.489 e. The summed E-state index contributed by atoms with van der Waals surface area (Å²) in [6, 6.07) is 15.2. The first-order chi connectivity index (χ1) is 14.8. The molecule has 1 aromatic heterocycles. The molecular formula is C22H22N6O2. The normalized spacial score (nSPS) is 11.1. The summed E-state index contributed by atoms with van der Waals surface area (Å²) in [5.74, 6) is 1.71. The van der Waals surface area contributed by atoms with E-state index in [0.29, 0.717) is 25.5 Å². The Kier molecular flexibility index (Phi) is 7.62. The summed E-state index contributed by atoms with van der Waals surface area (Å²) in [5.41, 5.74) is 1.72. The predicted octanol–water partition coefficient (Wildman–Crippen LogP) is 4.57. The van der Waals surface area contributed by atoms with Gasteiger partial charge in [-0.25, -0.2) is 0 Å². The van der Waals surface area contributed by atoms with Crippen molar-refractivity contribution in [3.05, 3.63) is 91.3 Å². The number of para-hydroxylation sites is 2. The molecule has 0 aliphatic rings. The lowest BCUT2D eigenvalue weighted by molar-refractivity contribution is 0.359. The first kappa shape index (κ1) is 20.7. The zero-order chi connectivity index (χ0) is 21.0. The molecule has 0 radical (unpaired) electrons. The summed E-state index contributed by atoms with van der Waals surface area (Å²) >= 11 is 0. The summed E-state index contributed by atoms with van der Waals surface area (Å²) in [4.78, 5) is 0. The van der Waals surface area contributed by atoms with Crippen molar-refractivity contribution >= 4 is 12.2 Å². The van der Waals surface area contributed by atoms with Crippen molar-refractivity contribution in [3.63, 3.8) is 0 Å². The van der Waals surface area contributed by atoms with Gasteiger partial charge in [-0.3, -0.25) is 0 Å². The maximum Gasteiger partial charge on any atom is 0.290 e. The minimum atomic E-state index is 0.264. The fourth-order valence-electron chi connectivity index (χ4n) is 2.46. The second kappa shape index (κ2) is 11.1. The molecule has 3 rings (SSSR count). The van der Waals surface area contributed by atoms with Crippen molar-refractivity contribution in [2.24, 2.45) is 15.3 Å². The Hall–Kier alpha value is -4.07. The molecule has 0 aliphatic heterocycles. The van der Waals surface area contributed by atoms with Gasteiger partial charge in [-0.15, -0.1) is 15.3 Å². The zero-order valence-corrected chi connectivity index (χ0v) is 16.5. The molecule has 2 aromatic carbocycles. The van der Waals surface area contributed by atoms with Crippen LogP contribution in [0.25, 0.3) is 0 Å². The summed E-state index contributed by atoms with van der Waals surface area (Å²) in [6.07, 6.45) is 6.49. The number of hydrogen-bond donors (Lipinski definition) is 0. The molecular weight excluding hydrogens is 380 g/mol. The van der Waals surface area contributed by atoms with E-state index in [1.54, 1.807) is 18.4 Å². The molecule has 0 aliphatic carbocycles. The predicted molar refractivity (Wildman–Crippen MR) is 116 cm³/mol. The molecule has 0 unspecified atom stereocenters. The lowest BCUT2D eigenvalue weighted by Crippen LogP contribution is -1.97. The quantitative estimate of drug-likeness (QED) is 0.267. The van der Waals surface area contributed by atoms with Crippen molar-refractivity contribution < 1.29 is 9.47 Å². The first-order valence-electron chi connectivity index (χ1n) is 9.28. The molecule has 30 heavy (non-hydrogen) atoms. The lowest BCUT2D eigenvalue weighted by Gasteiger charge is -2.07. The SMILES string of the molecule is C=CCOc1ccccc1C=Nn1cnnc1N=NCc1ccccc1OCC=C. The van der Waals surface area contributed by atoms with Crippen LogP contribution in [0.1, 0.15) is 11.1 Å². The Morgan fingerprint density at radius 1 is 0.933 bits per heavy atom. The van der Waals surface area contributed by atoms with Crippen molar-refractivity contribution in [3.8, 4) is 11.5 Å². The molecule has 8 heteroatoms. The molecule has 0 atom stereocenters. The highest BCUT2D eigenvalue weighted by atomic mass is 16.5. The second-order valence-electron chi connectivity index (χ2n) is 5.96. The van der Waals surface area contributed by atoms with E-state index >= 15 is 0 Å². The van der Waals surface area contributed by atoms with Crippen LogP contribution in [-0.4, -0.2) is 34.3 Å². The number of rotatable bonds is 11. The number of benzene rings is 2. The minimum Gasteiger partial charge on any atom is -0.489 e. The van der Waals surface area contributed by atoms with Crippen LogP contribution >= 0.6 is 0 Å². The summed E-state index contributed by atoms with van der Waals surface area (Å²) < 4.78 is 12.7. The fourth-order valence-corrected chi connectivity index (χ4v) is 2.46. The monoisotopic (exact) mass is 402 g/mol. The van der Waals surface area contributed by atoms with E-state index in [0.717, 1.165) is 16.9 Å². The molecule has 0 saturated carbocycles. The van der Waals surface area contributed by atoms with Crippen LogP contribution in [0.4, 0.5) is 5.95 Å². The van der Waals surface area contributed by atoms with E-state index in [1.807, 2.05) is 48.5 Å². The molecule has 0 bridgehead atoms. The Morgan fingerprint density at radius 2 is 1.63 bits per heavy atom. The van der Waals surface area contributed by atoms with Crippen molar-refractivity contribution in [1.82, 2.24) is 14.9 Å². The van der Waals surface area contributed by atoms with Gasteiger partial charge in [0.1, 0.15) is 31.0 Å². The molecule has 3 aromatic rings. The summed E-state index contributed by atoms with van der Waals surface area (Å²) in [7, 11) is 0. The van der Waals surface area contributed by atoms with Gasteiger partial charge in [0.05, 0.1) is 12.8 Å². The smallest absolute Gasteiger partial charge is 0.290 e. The van der Waals surface area contributed by atoms with Crippen molar-refractivity contribution in [2.75, 3.05) is 13.2 Å². The van der Waals surface area contributed by atoms with E-state index in [-0.39, 0.29) is 5.95 Å². The molecule has 8 nitrogen and oxygen atoms in total. The van der Waals surface area contributed by atoms with Crippen LogP contribution in [0.5, 0.6) is 11.5 Å². The topological polar surface area (TPSA) is 86.2 Å². The molecule has 0 spiro atoms. The van der Waals surface area contributed by atoms with Gasteiger partial charge in [-0.05, 0) is 18.2 Å². The van der Waals surface area contributed by atoms with Crippen LogP contribution in [0, 0.1) is 0 Å². The lowest BCUT2D eigenvalue weighted by atomic mass is 10.2. The van der Waals surface area contributed by atoms with E-state index < -0.39 is 0 Å². The third-order valence-electron chi connectivity index (χ3n) is 3.84. The van der Waals surface area contributed by atoms with Crippen LogP contribution in [-0.2, 0) is 6.54 Å². The van der Waals surface area contributed by atoms with E-state index in [2.05, 4.69) is 38.7 Å². The van der Waals surface area contributed by atoms with Crippen molar-refractivity contribution in [1.29, 1.82) is 0 Å². The summed E-state index contributed by atoms with van der Waals surface area (Å²) in [5, 5.41) is 20.5. The molecule has 0 saturated heterocycles. The standard InChI is InChI=1S/C22H22N6O2/c1-3-13-29-20-11-7-5-9-18(20)15-23-26-22-27-24-17-28(22)25-16-19-10-6-8-12-21(19)30-14-4-2/h3-12,16-17H,1-2,13-15H2. The van der Waals surface area contributed by atoms with Gasteiger partial charge >= 0.3 is 0 Å². The zero-order valence-electron chi connectivity index (χ0n) is 16.5. The Morgan fingerprint density at radius 3 is 2.43 bits per heavy atom. The Balaban J connectivity index is 1.70. The minimum absolute atomic E-state index is 0.264. The average Bonchev–Trinajstić information content (AvgIpc) is 3.23. The molecule has 0 amide bonds. The molecule has 0 fully saturated rings. The van der Waals surface area contributed by atoms with Gasteiger partial charge in [-0.1, -0.05) is 55.6 Å². The fraction of sp³-hybridized carbons (Fsp3) is 0.136. The third kappa shape index (κ3) is 5.71. The molecule has 1 heterocycles. The highest BCUT2D eigenvalue weighted by molar-refractivity contribution is 5.83. The van der Waals surface area contributed by atoms with Crippen LogP contribution < -0.4 is 9.47 Å². The third-order valence-corrected chi connectivity index (χ3v) is 3.84. The van der Waals surface area contributed by atoms with E-state index in [1.165, 1.54) is 11.0 Å². The van der Waals surface area contributed by atoms with E-state index in [9.17, 15) is 0 Å². The second-order valence-corrected chi connectivity index (χ2v) is 5.96. The number of aromatic nitrogens is 3. The maximum atomic E-state index is 5.63. The van der Waals surface area contributed by atoms with Crippen molar-refractivity contribution in [2.45, 2.75) is 6.54 Å². The van der Waals surface area contributed by atoms with Gasteiger partial charge in [0, 0.05) is 11.1 Å². The van der Waals surface area contributed by atoms with Gasteiger partial charge in [0.2, 0.25) is 0 Å². The van der Waals surface area contributed by atoms with Gasteiger partial charge in [0.25, 0.3) is 5.95 Å². The Bertz CT molecular complexity index is 1040. The first-order valence-corrected chi connectivity index (χ1v) is 9.28. The number of azo groups is 1. The average molecular weight is 402 g/mol. The molecule has 152 valence electrons. The summed E-state index contributed by atoms with van der Waals surface area (Å²) in [6.45, 7) is 8.49. The van der Waals surface area contributed by atoms with Gasteiger partial charge in [-0.2, -0.15) is 14.9 Å². The van der Waals surface area contributed by atoms with E-state index in [4.69, 9.17) is 9.47 Å². The maximum absolute atomic E-state index is 5.63. The highest BCUT2D eigenvalue weighted by Gasteiger charge is 2.05. The van der Waals surface area contributed by atoms with Crippen LogP contribution in [0.3, 0.4) is 0 Å². The number of ether oxygens (including phenoxy) is 2.